The van der Waals surface area contributed by atoms with E-state index < -0.39 is 16.8 Å². The highest BCUT2D eigenvalue weighted by Gasteiger charge is 2.19. The SMILES string of the molecule is CCCCOCCOc1ccc(-c2ccc3c(c2)/C=C(/C(=O)Nc2ccc(S(=O)Cc4cnc(C)n4CCC)cc2)CCCN3CCNCC(=O)O)cc1. The summed E-state index contributed by atoms with van der Waals surface area (Å²) < 4.78 is 26.8. The monoisotopic (exact) mass is 755 g/mol. The highest BCUT2D eigenvalue weighted by Crippen LogP contribution is 2.33. The molecule has 1 aliphatic rings. The summed E-state index contributed by atoms with van der Waals surface area (Å²) in [6.45, 7) is 10.6. The van der Waals surface area contributed by atoms with Crippen molar-refractivity contribution < 1.29 is 28.4 Å². The van der Waals surface area contributed by atoms with E-state index in [2.05, 4.69) is 57.1 Å². The van der Waals surface area contributed by atoms with Gasteiger partial charge in [0.05, 0.1) is 35.4 Å². The van der Waals surface area contributed by atoms with Gasteiger partial charge in [0.15, 0.2) is 0 Å². The third-order valence-electron chi connectivity index (χ3n) is 9.26. The molecule has 1 amide bonds. The minimum Gasteiger partial charge on any atom is -0.491 e. The van der Waals surface area contributed by atoms with Gasteiger partial charge in [-0.25, -0.2) is 4.98 Å². The van der Waals surface area contributed by atoms with Gasteiger partial charge in [-0.15, -0.1) is 0 Å². The highest BCUT2D eigenvalue weighted by molar-refractivity contribution is 7.84. The third-order valence-corrected chi connectivity index (χ3v) is 10.6. The van der Waals surface area contributed by atoms with Crippen LogP contribution in [0.5, 0.6) is 5.75 Å². The molecule has 0 bridgehead atoms. The van der Waals surface area contributed by atoms with Crippen LogP contribution in [0.2, 0.25) is 0 Å². The Bertz CT molecular complexity index is 1890. The second-order valence-electron chi connectivity index (χ2n) is 13.4. The normalized spacial score (nSPS) is 14.4. The van der Waals surface area contributed by atoms with Crippen LogP contribution >= 0.6 is 0 Å². The molecule has 0 spiro atoms. The number of imidazole rings is 1. The zero-order valence-corrected chi connectivity index (χ0v) is 32.5. The van der Waals surface area contributed by atoms with Gasteiger partial charge in [-0.3, -0.25) is 13.8 Å². The molecule has 0 fully saturated rings. The van der Waals surface area contributed by atoms with E-state index in [0.29, 0.717) is 61.2 Å². The van der Waals surface area contributed by atoms with Crippen LogP contribution < -0.4 is 20.3 Å². The van der Waals surface area contributed by atoms with Crippen molar-refractivity contribution in [3.63, 3.8) is 0 Å². The van der Waals surface area contributed by atoms with Crippen molar-refractivity contribution in [1.29, 1.82) is 0 Å². The Morgan fingerprint density at radius 1 is 0.944 bits per heavy atom. The Morgan fingerprint density at radius 3 is 2.46 bits per heavy atom. The number of aromatic nitrogens is 2. The number of carboxylic acid groups (broad SMARTS) is 1. The van der Waals surface area contributed by atoms with E-state index in [-0.39, 0.29) is 12.5 Å². The molecule has 5 rings (SSSR count). The number of carboxylic acids is 1. The molecule has 3 aromatic carbocycles. The van der Waals surface area contributed by atoms with Crippen LogP contribution in [0, 0.1) is 6.92 Å². The fourth-order valence-corrected chi connectivity index (χ4v) is 7.49. The summed E-state index contributed by atoms with van der Waals surface area (Å²) in [6, 6.07) is 21.4. The van der Waals surface area contributed by atoms with Gasteiger partial charge < -0.3 is 34.7 Å². The van der Waals surface area contributed by atoms with Gasteiger partial charge in [-0.1, -0.05) is 38.5 Å². The fourth-order valence-electron chi connectivity index (χ4n) is 6.39. The number of carbonyl (C=O) groups is 2. The summed E-state index contributed by atoms with van der Waals surface area (Å²) >= 11 is 0. The van der Waals surface area contributed by atoms with E-state index in [0.717, 1.165) is 78.5 Å². The van der Waals surface area contributed by atoms with Gasteiger partial charge in [0.2, 0.25) is 0 Å². The second-order valence-corrected chi connectivity index (χ2v) is 14.8. The number of amides is 1. The highest BCUT2D eigenvalue weighted by atomic mass is 32.2. The van der Waals surface area contributed by atoms with Crippen LogP contribution in [0.3, 0.4) is 0 Å². The molecule has 1 atom stereocenters. The number of hydrogen-bond acceptors (Lipinski definition) is 8. The van der Waals surface area contributed by atoms with Crippen molar-refractivity contribution in [1.82, 2.24) is 14.9 Å². The Kier molecular flexibility index (Phi) is 15.4. The molecule has 288 valence electrons. The fraction of sp³-hybridized carbons (Fsp3) is 0.405. The average Bonchev–Trinajstić information content (AvgIpc) is 3.50. The average molecular weight is 756 g/mol. The van der Waals surface area contributed by atoms with E-state index in [4.69, 9.17) is 14.6 Å². The lowest BCUT2D eigenvalue weighted by Gasteiger charge is -2.29. The van der Waals surface area contributed by atoms with E-state index in [1.54, 1.807) is 30.5 Å². The number of nitrogens with one attached hydrogen (secondary N) is 2. The quantitative estimate of drug-likeness (QED) is 0.0810. The smallest absolute Gasteiger partial charge is 0.317 e. The minimum atomic E-state index is -1.26. The Morgan fingerprint density at radius 2 is 1.72 bits per heavy atom. The topological polar surface area (TPSA) is 135 Å². The lowest BCUT2D eigenvalue weighted by molar-refractivity contribution is -0.135. The standard InChI is InChI=1S/C42H53N5O6S/c1-4-6-23-52-24-25-53-38-14-9-32(10-15-38)33-11-18-40-35(26-33)27-34(8-7-21-46(40)22-19-43-29-41(48)49)42(50)45-36-12-16-39(17-13-36)54(51)30-37-28-44-31(3)47(37)20-5-2/h9-18,26-28,43H,4-8,19-25,29-30H2,1-3H3,(H,45,50)(H,48,49)/b34-27+. The molecule has 0 aliphatic carbocycles. The summed E-state index contributed by atoms with van der Waals surface area (Å²) in [4.78, 5) is 32.2. The molecule has 3 N–H and O–H groups in total. The first-order valence-corrected chi connectivity index (χ1v) is 20.2. The molecule has 0 saturated heterocycles. The molecular weight excluding hydrogens is 703 g/mol. The number of nitrogens with zero attached hydrogens (tertiary/aromatic N) is 3. The minimum absolute atomic E-state index is 0.101. The number of carbonyl (C=O) groups excluding carboxylic acids is 1. The number of aryl methyl sites for hydroxylation is 1. The molecule has 0 radical (unpaired) electrons. The van der Waals surface area contributed by atoms with Gasteiger partial charge in [-0.2, -0.15) is 0 Å². The lowest BCUT2D eigenvalue weighted by Crippen LogP contribution is -2.35. The maximum atomic E-state index is 13.8. The van der Waals surface area contributed by atoms with Gasteiger partial charge in [0.1, 0.15) is 18.2 Å². The molecule has 0 saturated carbocycles. The number of aliphatic carboxylic acids is 1. The second kappa shape index (κ2) is 20.6. The predicted molar refractivity (Wildman–Crippen MR) is 215 cm³/mol. The summed E-state index contributed by atoms with van der Waals surface area (Å²) in [5.41, 5.74) is 6.14. The molecular formula is C42H53N5O6S. The summed E-state index contributed by atoms with van der Waals surface area (Å²) in [5.74, 6) is 0.994. The molecule has 54 heavy (non-hydrogen) atoms. The molecule has 1 aliphatic heterocycles. The van der Waals surface area contributed by atoms with Gasteiger partial charge in [-0.05, 0) is 104 Å². The molecule has 1 unspecified atom stereocenters. The van der Waals surface area contributed by atoms with E-state index in [1.807, 2.05) is 37.3 Å². The Hall–Kier alpha value is -4.78. The third kappa shape index (κ3) is 11.6. The largest absolute Gasteiger partial charge is 0.491 e. The number of anilines is 2. The van der Waals surface area contributed by atoms with E-state index in [1.165, 1.54) is 0 Å². The molecule has 2 heterocycles. The van der Waals surface area contributed by atoms with Crippen molar-refractivity contribution in [3.05, 3.63) is 95.6 Å². The van der Waals surface area contributed by atoms with Crippen molar-refractivity contribution in [2.24, 2.45) is 0 Å². The summed E-state index contributed by atoms with van der Waals surface area (Å²) in [7, 11) is -1.26. The zero-order valence-electron chi connectivity index (χ0n) is 31.6. The number of benzene rings is 3. The van der Waals surface area contributed by atoms with Crippen LogP contribution in [-0.2, 0) is 37.4 Å². The van der Waals surface area contributed by atoms with Crippen LogP contribution in [0.25, 0.3) is 17.2 Å². The Balaban J connectivity index is 1.31. The lowest BCUT2D eigenvalue weighted by atomic mass is 9.96. The van der Waals surface area contributed by atoms with Gasteiger partial charge in [0, 0.05) is 60.8 Å². The zero-order chi connectivity index (χ0) is 38.3. The molecule has 4 aromatic rings. The van der Waals surface area contributed by atoms with Crippen molar-refractivity contribution in [3.8, 4) is 16.9 Å². The van der Waals surface area contributed by atoms with Crippen LogP contribution in [0.1, 0.15) is 63.0 Å². The molecule has 11 nitrogen and oxygen atoms in total. The van der Waals surface area contributed by atoms with Gasteiger partial charge in [0.25, 0.3) is 5.91 Å². The predicted octanol–water partition coefficient (Wildman–Crippen LogP) is 7.07. The van der Waals surface area contributed by atoms with Crippen molar-refractivity contribution >= 4 is 40.1 Å². The summed E-state index contributed by atoms with van der Waals surface area (Å²) in [5, 5.41) is 15.1. The number of ether oxygens (including phenoxy) is 2. The van der Waals surface area contributed by atoms with Crippen molar-refractivity contribution in [2.75, 3.05) is 56.2 Å². The molecule has 1 aromatic heterocycles. The number of rotatable bonds is 20. The number of hydrogen-bond donors (Lipinski definition) is 3. The first-order valence-electron chi connectivity index (χ1n) is 18.9. The van der Waals surface area contributed by atoms with Crippen LogP contribution in [0.4, 0.5) is 11.4 Å². The van der Waals surface area contributed by atoms with Gasteiger partial charge >= 0.3 is 5.97 Å². The summed E-state index contributed by atoms with van der Waals surface area (Å²) in [6.07, 6.45) is 8.19. The number of unbranched alkanes of at least 4 members (excludes halogenated alkanes) is 1. The van der Waals surface area contributed by atoms with E-state index >= 15 is 0 Å². The van der Waals surface area contributed by atoms with Crippen LogP contribution in [-0.4, -0.2) is 76.7 Å². The maximum absolute atomic E-state index is 13.8. The van der Waals surface area contributed by atoms with Crippen LogP contribution in [0.15, 0.2) is 83.4 Å². The van der Waals surface area contributed by atoms with Crippen molar-refractivity contribution in [2.45, 2.75) is 70.1 Å². The number of fused-ring (bicyclic) bond motifs is 1. The first-order chi connectivity index (χ1) is 26.2. The maximum Gasteiger partial charge on any atom is 0.317 e. The Labute approximate surface area is 321 Å². The van der Waals surface area contributed by atoms with E-state index in [9.17, 15) is 13.8 Å². The molecule has 12 heteroatoms. The first kappa shape index (κ1) is 40.4.